The SMILES string of the molecule is CCCCOc1nc(N)c2nc(OC)n(C(CCCCC3CCCCCCN3)C3CCCCCCN3)c2n1. The lowest BCUT2D eigenvalue weighted by Gasteiger charge is -2.32. The molecule has 0 radical (unpaired) electrons. The van der Waals surface area contributed by atoms with Crippen molar-refractivity contribution in [3.05, 3.63) is 0 Å². The maximum Gasteiger partial charge on any atom is 0.320 e. The molecule has 2 aliphatic heterocycles. The third-order valence-electron chi connectivity index (χ3n) is 8.28. The number of rotatable bonds is 12. The van der Waals surface area contributed by atoms with E-state index in [1.54, 1.807) is 7.11 Å². The van der Waals surface area contributed by atoms with Gasteiger partial charge >= 0.3 is 6.01 Å². The van der Waals surface area contributed by atoms with Gasteiger partial charge in [-0.25, -0.2) is 0 Å². The maximum atomic E-state index is 6.37. The Kier molecular flexibility index (Phi) is 11.7. The summed E-state index contributed by atoms with van der Waals surface area (Å²) in [4.78, 5) is 14.0. The van der Waals surface area contributed by atoms with Crippen LogP contribution in [0.1, 0.15) is 116 Å². The molecular weight excluding hydrogens is 478 g/mol. The van der Waals surface area contributed by atoms with Gasteiger partial charge in [-0.3, -0.25) is 4.57 Å². The van der Waals surface area contributed by atoms with Crippen LogP contribution in [0.25, 0.3) is 11.2 Å². The number of nitrogens with two attached hydrogens (primary N) is 1. The third kappa shape index (κ3) is 7.94. The monoisotopic (exact) mass is 529 g/mol. The number of fused-ring (bicyclic) bond motifs is 1. The van der Waals surface area contributed by atoms with E-state index < -0.39 is 0 Å². The second-order valence-electron chi connectivity index (χ2n) is 11.2. The van der Waals surface area contributed by atoms with Crippen molar-refractivity contribution in [3.8, 4) is 12.0 Å². The first kappa shape index (κ1) is 28.9. The molecular formula is C29H51N7O2. The number of anilines is 1. The van der Waals surface area contributed by atoms with Gasteiger partial charge in [-0.05, 0) is 58.0 Å². The van der Waals surface area contributed by atoms with Crippen molar-refractivity contribution < 1.29 is 9.47 Å². The molecule has 2 saturated heterocycles. The van der Waals surface area contributed by atoms with Crippen molar-refractivity contribution in [1.82, 2.24) is 30.2 Å². The Bertz CT molecular complexity index is 950. The Morgan fingerprint density at radius 3 is 2.47 bits per heavy atom. The number of ether oxygens (including phenoxy) is 2. The number of unbranched alkanes of at least 4 members (excludes halogenated alkanes) is 2. The molecule has 0 amide bonds. The van der Waals surface area contributed by atoms with Crippen LogP contribution < -0.4 is 25.8 Å². The van der Waals surface area contributed by atoms with Crippen LogP contribution in [0.5, 0.6) is 12.0 Å². The molecule has 0 spiro atoms. The average molecular weight is 530 g/mol. The first-order valence-corrected chi connectivity index (χ1v) is 15.4. The van der Waals surface area contributed by atoms with Crippen molar-refractivity contribution in [2.45, 2.75) is 128 Å². The fourth-order valence-corrected chi connectivity index (χ4v) is 6.11. The predicted octanol–water partition coefficient (Wildman–Crippen LogP) is 5.54. The summed E-state index contributed by atoms with van der Waals surface area (Å²) in [5.41, 5.74) is 7.68. The molecule has 38 heavy (non-hydrogen) atoms. The minimum absolute atomic E-state index is 0.177. The van der Waals surface area contributed by atoms with Crippen LogP contribution in [0.3, 0.4) is 0 Å². The van der Waals surface area contributed by atoms with E-state index in [0.29, 0.717) is 42.0 Å². The number of hydrogen-bond donors (Lipinski definition) is 3. The third-order valence-corrected chi connectivity index (χ3v) is 8.28. The lowest BCUT2D eigenvalue weighted by atomic mass is 9.93. The van der Waals surface area contributed by atoms with Crippen LogP contribution in [0.4, 0.5) is 5.82 Å². The number of methoxy groups -OCH3 is 1. The fourth-order valence-electron chi connectivity index (χ4n) is 6.11. The lowest BCUT2D eigenvalue weighted by Crippen LogP contribution is -2.39. The number of hydrogen-bond acceptors (Lipinski definition) is 8. The molecule has 2 aromatic heterocycles. The molecule has 4 rings (SSSR count). The van der Waals surface area contributed by atoms with Crippen LogP contribution in [-0.2, 0) is 0 Å². The molecule has 4 N–H and O–H groups in total. The van der Waals surface area contributed by atoms with Gasteiger partial charge in [0.15, 0.2) is 17.0 Å². The number of nitrogens with zero attached hydrogens (tertiary/aromatic N) is 4. The van der Waals surface area contributed by atoms with Crippen molar-refractivity contribution in [2.75, 3.05) is 32.5 Å². The number of aromatic nitrogens is 4. The van der Waals surface area contributed by atoms with Crippen LogP contribution in [-0.4, -0.2) is 58.4 Å². The molecule has 0 bridgehead atoms. The molecule has 2 fully saturated rings. The van der Waals surface area contributed by atoms with Gasteiger partial charge in [0.1, 0.15) is 0 Å². The summed E-state index contributed by atoms with van der Waals surface area (Å²) >= 11 is 0. The van der Waals surface area contributed by atoms with Crippen LogP contribution in [0, 0.1) is 0 Å². The molecule has 0 aliphatic carbocycles. The predicted molar refractivity (Wildman–Crippen MR) is 154 cm³/mol. The summed E-state index contributed by atoms with van der Waals surface area (Å²) in [6.45, 7) is 4.93. The standard InChI is InChI=1S/C29H51N7O2/c1-3-4-21-38-28-34-26(30)25-27(35-28)36(29(33-25)37-2)24(23-17-10-6-8-14-20-32-23)18-12-11-16-22-15-9-5-7-13-19-31-22/h22-24,31-32H,3-21H2,1-2H3,(H2,30,34,35). The summed E-state index contributed by atoms with van der Waals surface area (Å²) in [5, 5.41) is 7.68. The highest BCUT2D eigenvalue weighted by atomic mass is 16.5. The summed E-state index contributed by atoms with van der Waals surface area (Å²) < 4.78 is 13.9. The Morgan fingerprint density at radius 2 is 1.68 bits per heavy atom. The molecule has 3 unspecified atom stereocenters. The van der Waals surface area contributed by atoms with E-state index in [9.17, 15) is 0 Å². The van der Waals surface area contributed by atoms with Crippen LogP contribution in [0.15, 0.2) is 0 Å². The van der Waals surface area contributed by atoms with Crippen molar-refractivity contribution in [2.24, 2.45) is 0 Å². The summed E-state index contributed by atoms with van der Waals surface area (Å²) in [7, 11) is 1.68. The molecule has 2 aromatic rings. The maximum absolute atomic E-state index is 6.37. The number of nitrogens with one attached hydrogen (secondary N) is 2. The summed E-state index contributed by atoms with van der Waals surface area (Å²) in [6.07, 6.45) is 19.6. The van der Waals surface area contributed by atoms with Crippen molar-refractivity contribution >= 4 is 17.0 Å². The Balaban J connectivity index is 1.56. The Labute approximate surface area is 229 Å². The van der Waals surface area contributed by atoms with E-state index in [1.807, 2.05) is 0 Å². The highest BCUT2D eigenvalue weighted by molar-refractivity contribution is 5.83. The normalized spacial score (nSPS) is 22.3. The van der Waals surface area contributed by atoms with E-state index in [0.717, 1.165) is 44.3 Å². The second kappa shape index (κ2) is 15.5. The smallest absolute Gasteiger partial charge is 0.320 e. The molecule has 2 aliphatic rings. The van der Waals surface area contributed by atoms with Gasteiger partial charge in [-0.2, -0.15) is 15.0 Å². The highest BCUT2D eigenvalue weighted by Gasteiger charge is 2.30. The number of imidazole rings is 1. The van der Waals surface area contributed by atoms with Gasteiger partial charge in [0.2, 0.25) is 0 Å². The quantitative estimate of drug-likeness (QED) is 0.307. The molecule has 9 nitrogen and oxygen atoms in total. The Morgan fingerprint density at radius 1 is 0.921 bits per heavy atom. The first-order valence-electron chi connectivity index (χ1n) is 15.4. The molecule has 0 aromatic carbocycles. The van der Waals surface area contributed by atoms with Gasteiger partial charge < -0.3 is 25.8 Å². The first-order chi connectivity index (χ1) is 18.7. The zero-order valence-electron chi connectivity index (χ0n) is 23.8. The molecule has 4 heterocycles. The van der Waals surface area contributed by atoms with E-state index >= 15 is 0 Å². The minimum atomic E-state index is 0.177. The zero-order valence-corrected chi connectivity index (χ0v) is 23.8. The van der Waals surface area contributed by atoms with E-state index in [1.165, 1.54) is 77.2 Å². The Hall–Kier alpha value is -2.13. The van der Waals surface area contributed by atoms with E-state index in [-0.39, 0.29) is 6.04 Å². The lowest BCUT2D eigenvalue weighted by molar-refractivity contribution is 0.258. The molecule has 3 atom stereocenters. The average Bonchev–Trinajstić information content (AvgIpc) is 3.25. The second-order valence-corrected chi connectivity index (χ2v) is 11.2. The minimum Gasteiger partial charge on any atom is -0.468 e. The fraction of sp³-hybridized carbons (Fsp3) is 0.828. The van der Waals surface area contributed by atoms with Crippen LogP contribution >= 0.6 is 0 Å². The number of nitrogen functional groups attached to an aromatic ring is 1. The molecule has 0 saturated carbocycles. The summed E-state index contributed by atoms with van der Waals surface area (Å²) in [6, 6.07) is 2.05. The summed E-state index contributed by atoms with van der Waals surface area (Å²) in [5.74, 6) is 0.346. The van der Waals surface area contributed by atoms with Gasteiger partial charge in [-0.15, -0.1) is 0 Å². The van der Waals surface area contributed by atoms with Crippen LogP contribution in [0.2, 0.25) is 0 Å². The van der Waals surface area contributed by atoms with Gasteiger partial charge in [0.25, 0.3) is 6.01 Å². The largest absolute Gasteiger partial charge is 0.468 e. The highest BCUT2D eigenvalue weighted by Crippen LogP contribution is 2.35. The van der Waals surface area contributed by atoms with Gasteiger partial charge in [0.05, 0.1) is 19.8 Å². The van der Waals surface area contributed by atoms with Crippen molar-refractivity contribution in [3.63, 3.8) is 0 Å². The van der Waals surface area contributed by atoms with E-state index in [2.05, 4.69) is 27.1 Å². The van der Waals surface area contributed by atoms with Crippen molar-refractivity contribution in [1.29, 1.82) is 0 Å². The molecule has 9 heteroatoms. The topological polar surface area (TPSA) is 112 Å². The zero-order chi connectivity index (χ0) is 26.6. The van der Waals surface area contributed by atoms with E-state index in [4.69, 9.17) is 25.2 Å². The molecule has 214 valence electrons. The van der Waals surface area contributed by atoms with Gasteiger partial charge in [0, 0.05) is 12.1 Å². The van der Waals surface area contributed by atoms with Gasteiger partial charge in [-0.1, -0.05) is 64.7 Å².